The molecule has 0 amide bonds. The normalized spacial score (nSPS) is 13.3. The van der Waals surface area contributed by atoms with Crippen molar-refractivity contribution in [3.05, 3.63) is 276 Å². The van der Waals surface area contributed by atoms with E-state index in [9.17, 15) is 0 Å². The number of aromatic nitrogens is 2. The summed E-state index contributed by atoms with van der Waals surface area (Å²) in [5.74, 6) is 1.11. The summed E-state index contributed by atoms with van der Waals surface area (Å²) in [6.45, 7) is 4.28. The SMILES string of the molecule is C=NC(=NC(=NCc1cc(-c2ccc(-c3ccnc4c3ccc3cccnc34)cc2)cc(-c2ccc3c(c2)-c2ccccc2C32c3ccccc3-c3ccccc32)c1)c1ccccc1)c1ccccc1. The molecule has 5 heteroatoms. The fraction of sp³-hybridized carbons (Fsp3) is 0.0308. The summed E-state index contributed by atoms with van der Waals surface area (Å²) >= 11 is 0. The highest BCUT2D eigenvalue weighted by Crippen LogP contribution is 2.63. The number of hydrogen-bond acceptors (Lipinski definition) is 3. The molecule has 0 fully saturated rings. The van der Waals surface area contributed by atoms with E-state index in [1.54, 1.807) is 0 Å². The van der Waals surface area contributed by atoms with Crippen molar-refractivity contribution in [3.63, 3.8) is 0 Å². The number of fused-ring (bicyclic) bond motifs is 13. The maximum Gasteiger partial charge on any atom is 0.161 e. The first-order valence-corrected chi connectivity index (χ1v) is 23.7. The molecule has 2 aliphatic carbocycles. The topological polar surface area (TPSA) is 62.9 Å². The van der Waals surface area contributed by atoms with E-state index < -0.39 is 5.41 Å². The van der Waals surface area contributed by atoms with Gasteiger partial charge in [0.1, 0.15) is 0 Å². The Bertz CT molecular complexity index is 3880. The first kappa shape index (κ1) is 41.0. The predicted octanol–water partition coefficient (Wildman–Crippen LogP) is 15.2. The van der Waals surface area contributed by atoms with Crippen LogP contribution in [0.4, 0.5) is 0 Å². The molecule has 2 aromatic heterocycles. The van der Waals surface area contributed by atoms with Gasteiger partial charge in [0.25, 0.3) is 0 Å². The molecule has 5 nitrogen and oxygen atoms in total. The van der Waals surface area contributed by atoms with Gasteiger partial charge in [-0.3, -0.25) is 15.0 Å². The number of amidine groups is 2. The lowest BCUT2D eigenvalue weighted by molar-refractivity contribution is 0.794. The molecule has 0 saturated carbocycles. The van der Waals surface area contributed by atoms with Gasteiger partial charge in [-0.15, -0.1) is 0 Å². The molecule has 0 bridgehead atoms. The van der Waals surface area contributed by atoms with Gasteiger partial charge in [-0.2, -0.15) is 0 Å². The van der Waals surface area contributed by atoms with Crippen LogP contribution in [0.2, 0.25) is 0 Å². The lowest BCUT2D eigenvalue weighted by Gasteiger charge is -2.30. The molecule has 13 rings (SSSR count). The summed E-state index contributed by atoms with van der Waals surface area (Å²) in [4.78, 5) is 24.1. The molecule has 0 radical (unpaired) electrons. The van der Waals surface area contributed by atoms with Crippen LogP contribution in [-0.2, 0) is 12.0 Å². The van der Waals surface area contributed by atoms with E-state index in [2.05, 4.69) is 169 Å². The molecular formula is C65H43N5. The molecule has 0 N–H and O–H groups in total. The van der Waals surface area contributed by atoms with Gasteiger partial charge in [-0.25, -0.2) is 9.98 Å². The van der Waals surface area contributed by atoms with E-state index in [1.165, 1.54) is 44.5 Å². The number of pyridine rings is 2. The van der Waals surface area contributed by atoms with E-state index >= 15 is 0 Å². The van der Waals surface area contributed by atoms with Gasteiger partial charge in [0.05, 0.1) is 23.0 Å². The molecule has 0 saturated heterocycles. The van der Waals surface area contributed by atoms with E-state index in [4.69, 9.17) is 20.0 Å². The summed E-state index contributed by atoms with van der Waals surface area (Å²) in [6, 6.07) is 80.3. The van der Waals surface area contributed by atoms with Gasteiger partial charge in [-0.05, 0) is 127 Å². The van der Waals surface area contributed by atoms with E-state index in [0.717, 1.165) is 71.9 Å². The third kappa shape index (κ3) is 6.66. The zero-order chi connectivity index (χ0) is 46.6. The minimum atomic E-state index is -0.405. The highest BCUT2D eigenvalue weighted by molar-refractivity contribution is 6.13. The van der Waals surface area contributed by atoms with Crippen molar-refractivity contribution in [1.29, 1.82) is 0 Å². The second-order valence-electron chi connectivity index (χ2n) is 18.0. The Kier molecular flexibility index (Phi) is 9.88. The van der Waals surface area contributed by atoms with E-state index in [0.29, 0.717) is 18.2 Å². The van der Waals surface area contributed by atoms with Crippen molar-refractivity contribution in [2.75, 3.05) is 0 Å². The molecule has 2 heterocycles. The Labute approximate surface area is 406 Å². The van der Waals surface area contributed by atoms with Crippen molar-refractivity contribution in [1.82, 2.24) is 9.97 Å². The largest absolute Gasteiger partial charge is 0.261 e. The smallest absolute Gasteiger partial charge is 0.161 e. The quantitative estimate of drug-likeness (QED) is 0.0909. The van der Waals surface area contributed by atoms with Crippen molar-refractivity contribution >= 4 is 40.2 Å². The van der Waals surface area contributed by atoms with Crippen molar-refractivity contribution in [3.8, 4) is 55.6 Å². The number of hydrogen-bond donors (Lipinski definition) is 0. The summed E-state index contributed by atoms with van der Waals surface area (Å²) < 4.78 is 0. The standard InChI is InChI=1S/C65H43N5/c1-66-63(46-15-4-2-5-16-46)70-64(47-17-6-3-7-18-47)69-41-42-37-49(43-26-28-44(29-27-43)51-34-36-68-62-55(51)32-30-45-19-14-35-67-61(45)62)39-50(38-42)48-31-33-60-56(40-48)54-22-10-13-25-59(54)65(60)57-23-11-8-20-52(57)53-21-9-12-24-58(53)65/h2-40H,1,41H2. The van der Waals surface area contributed by atoms with Crippen LogP contribution in [0.5, 0.6) is 0 Å². The average molecular weight is 894 g/mol. The van der Waals surface area contributed by atoms with Gasteiger partial charge in [0.15, 0.2) is 11.7 Å². The minimum Gasteiger partial charge on any atom is -0.261 e. The van der Waals surface area contributed by atoms with Crippen molar-refractivity contribution < 1.29 is 0 Å². The van der Waals surface area contributed by atoms with Crippen LogP contribution in [0.3, 0.4) is 0 Å². The van der Waals surface area contributed by atoms with E-state index in [1.807, 2.05) is 79.1 Å². The lowest BCUT2D eigenvalue weighted by Crippen LogP contribution is -2.25. The highest BCUT2D eigenvalue weighted by Gasteiger charge is 2.51. The first-order valence-electron chi connectivity index (χ1n) is 23.7. The molecule has 0 aliphatic heterocycles. The van der Waals surface area contributed by atoms with Crippen LogP contribution in [-0.4, -0.2) is 28.4 Å². The fourth-order valence-corrected chi connectivity index (χ4v) is 11.1. The van der Waals surface area contributed by atoms with E-state index in [-0.39, 0.29) is 0 Å². The molecule has 70 heavy (non-hydrogen) atoms. The Balaban J connectivity index is 0.956. The van der Waals surface area contributed by atoms with Gasteiger partial charge < -0.3 is 0 Å². The van der Waals surface area contributed by atoms with Crippen LogP contribution in [0.25, 0.3) is 77.4 Å². The minimum absolute atomic E-state index is 0.390. The third-order valence-electron chi connectivity index (χ3n) is 14.2. The average Bonchev–Trinajstić information content (AvgIpc) is 3.90. The number of benzene rings is 9. The van der Waals surface area contributed by atoms with Crippen LogP contribution in [0.1, 0.15) is 38.9 Å². The predicted molar refractivity (Wildman–Crippen MR) is 289 cm³/mol. The van der Waals surface area contributed by atoms with Crippen molar-refractivity contribution in [2.45, 2.75) is 12.0 Å². The van der Waals surface area contributed by atoms with Crippen LogP contribution in [0.15, 0.2) is 252 Å². The monoisotopic (exact) mass is 893 g/mol. The number of nitrogens with zero attached hydrogens (tertiary/aromatic N) is 5. The summed E-state index contributed by atoms with van der Waals surface area (Å²) in [5.41, 5.74) is 21.4. The molecule has 0 unspecified atom stereocenters. The highest BCUT2D eigenvalue weighted by atomic mass is 15.0. The molecule has 9 aromatic carbocycles. The fourth-order valence-electron chi connectivity index (χ4n) is 11.1. The molecule has 2 aliphatic rings. The second kappa shape index (κ2) is 16.8. The maximum atomic E-state index is 5.26. The Morgan fingerprint density at radius 1 is 0.400 bits per heavy atom. The molecule has 328 valence electrons. The van der Waals surface area contributed by atoms with Gasteiger partial charge in [0, 0.05) is 34.3 Å². The molecular weight excluding hydrogens is 851 g/mol. The summed E-state index contributed by atoms with van der Waals surface area (Å²) in [6.07, 6.45) is 3.72. The first-order chi connectivity index (χ1) is 34.7. The lowest BCUT2D eigenvalue weighted by atomic mass is 9.70. The number of aliphatic imine (C=N–C) groups is 3. The Morgan fingerprint density at radius 3 is 1.63 bits per heavy atom. The van der Waals surface area contributed by atoms with Crippen LogP contribution in [0, 0.1) is 0 Å². The number of rotatable bonds is 7. The molecule has 1 spiro atoms. The summed E-state index contributed by atoms with van der Waals surface area (Å²) in [5, 5.41) is 2.15. The summed E-state index contributed by atoms with van der Waals surface area (Å²) in [7, 11) is 0. The van der Waals surface area contributed by atoms with Crippen LogP contribution < -0.4 is 0 Å². The Morgan fingerprint density at radius 2 is 0.957 bits per heavy atom. The zero-order valence-corrected chi connectivity index (χ0v) is 38.2. The zero-order valence-electron chi connectivity index (χ0n) is 38.2. The van der Waals surface area contributed by atoms with Gasteiger partial charge in [0.2, 0.25) is 0 Å². The molecule has 11 aromatic rings. The third-order valence-corrected chi connectivity index (χ3v) is 14.2. The maximum absolute atomic E-state index is 5.26. The van der Waals surface area contributed by atoms with Crippen LogP contribution >= 0.6 is 0 Å². The molecule has 0 atom stereocenters. The van der Waals surface area contributed by atoms with Crippen molar-refractivity contribution in [2.24, 2.45) is 15.0 Å². The van der Waals surface area contributed by atoms with Gasteiger partial charge in [-0.1, -0.05) is 188 Å². The Hall–Kier alpha value is -9.19. The second-order valence-corrected chi connectivity index (χ2v) is 18.0. The van der Waals surface area contributed by atoms with Gasteiger partial charge >= 0.3 is 0 Å².